The van der Waals surface area contributed by atoms with E-state index in [9.17, 15) is 9.90 Å². The molecule has 1 aliphatic rings. The van der Waals surface area contributed by atoms with Gasteiger partial charge in [0.1, 0.15) is 11.8 Å². The minimum absolute atomic E-state index is 0.0597. The highest BCUT2D eigenvalue weighted by molar-refractivity contribution is 6.09. The molecule has 142 valence electrons. The molecular weight excluding hydrogens is 344 g/mol. The van der Waals surface area contributed by atoms with Crippen molar-refractivity contribution in [3.63, 3.8) is 0 Å². The molecule has 0 saturated carbocycles. The fourth-order valence-corrected chi connectivity index (χ4v) is 3.86. The number of rotatable bonds is 3. The van der Waals surface area contributed by atoms with Gasteiger partial charge < -0.3 is 19.1 Å². The summed E-state index contributed by atoms with van der Waals surface area (Å²) in [6.45, 7) is 6.60. The molecule has 0 unspecified atom stereocenters. The molecular formula is C20H24N4O3. The van der Waals surface area contributed by atoms with E-state index in [-0.39, 0.29) is 23.6 Å². The van der Waals surface area contributed by atoms with Gasteiger partial charge in [0.15, 0.2) is 5.82 Å². The topological polar surface area (TPSA) is 84.4 Å². The van der Waals surface area contributed by atoms with Crippen molar-refractivity contribution in [3.8, 4) is 5.75 Å². The summed E-state index contributed by atoms with van der Waals surface area (Å²) < 4.78 is 7.45. The predicted molar refractivity (Wildman–Crippen MR) is 101 cm³/mol. The SMILES string of the molecule is Cc1c(C(=O)N2CCC[C@@H]2c2nc(C(C)C)no2)c2cc(O)ccc2n1C. The van der Waals surface area contributed by atoms with Crippen molar-refractivity contribution in [3.05, 3.63) is 41.2 Å². The van der Waals surface area contributed by atoms with Gasteiger partial charge in [0.2, 0.25) is 5.89 Å². The van der Waals surface area contributed by atoms with Crippen molar-refractivity contribution < 1.29 is 14.4 Å². The smallest absolute Gasteiger partial charge is 0.256 e. The molecule has 2 aromatic heterocycles. The Morgan fingerprint density at radius 3 is 2.85 bits per heavy atom. The first-order chi connectivity index (χ1) is 12.9. The van der Waals surface area contributed by atoms with E-state index in [4.69, 9.17) is 4.52 Å². The van der Waals surface area contributed by atoms with Crippen LogP contribution in [0.2, 0.25) is 0 Å². The maximum Gasteiger partial charge on any atom is 0.256 e. The average molecular weight is 368 g/mol. The van der Waals surface area contributed by atoms with E-state index in [1.165, 1.54) is 0 Å². The molecule has 0 spiro atoms. The normalized spacial score (nSPS) is 17.4. The molecule has 3 heterocycles. The van der Waals surface area contributed by atoms with Crippen LogP contribution in [-0.4, -0.2) is 37.2 Å². The fraction of sp³-hybridized carbons (Fsp3) is 0.450. The Hall–Kier alpha value is -2.83. The number of carbonyl (C=O) groups is 1. The number of amides is 1. The Kier molecular flexibility index (Phi) is 4.17. The molecule has 1 aliphatic heterocycles. The van der Waals surface area contributed by atoms with Gasteiger partial charge in [-0.05, 0) is 38.0 Å². The van der Waals surface area contributed by atoms with E-state index in [0.29, 0.717) is 23.8 Å². The lowest BCUT2D eigenvalue weighted by atomic mass is 10.1. The van der Waals surface area contributed by atoms with Crippen LogP contribution in [-0.2, 0) is 7.05 Å². The number of likely N-dealkylation sites (tertiary alicyclic amines) is 1. The van der Waals surface area contributed by atoms with Crippen LogP contribution in [0.15, 0.2) is 22.7 Å². The monoisotopic (exact) mass is 368 g/mol. The molecule has 1 atom stereocenters. The molecule has 1 fully saturated rings. The van der Waals surface area contributed by atoms with Crippen LogP contribution in [0.4, 0.5) is 0 Å². The molecule has 1 aromatic carbocycles. The molecule has 27 heavy (non-hydrogen) atoms. The zero-order chi connectivity index (χ0) is 19.3. The minimum atomic E-state index is -0.204. The van der Waals surface area contributed by atoms with Gasteiger partial charge in [-0.3, -0.25) is 4.79 Å². The van der Waals surface area contributed by atoms with E-state index in [0.717, 1.165) is 29.4 Å². The Bertz CT molecular complexity index is 1020. The number of carbonyl (C=O) groups excluding carboxylic acids is 1. The zero-order valence-corrected chi connectivity index (χ0v) is 16.1. The van der Waals surface area contributed by atoms with Gasteiger partial charge in [-0.25, -0.2) is 0 Å². The summed E-state index contributed by atoms with van der Waals surface area (Å²) in [4.78, 5) is 19.8. The van der Waals surface area contributed by atoms with Crippen LogP contribution in [0.5, 0.6) is 5.75 Å². The number of hydrogen-bond acceptors (Lipinski definition) is 5. The van der Waals surface area contributed by atoms with Gasteiger partial charge in [-0.2, -0.15) is 4.98 Å². The molecule has 0 radical (unpaired) electrons. The van der Waals surface area contributed by atoms with Gasteiger partial charge in [-0.1, -0.05) is 19.0 Å². The second-order valence-corrected chi connectivity index (χ2v) is 7.52. The van der Waals surface area contributed by atoms with Crippen molar-refractivity contribution in [1.82, 2.24) is 19.6 Å². The number of fused-ring (bicyclic) bond motifs is 1. The number of phenolic OH excluding ortho intramolecular Hbond substituents is 1. The summed E-state index contributed by atoms with van der Waals surface area (Å²) in [5.41, 5.74) is 2.42. The minimum Gasteiger partial charge on any atom is -0.508 e. The molecule has 1 saturated heterocycles. The first-order valence-corrected chi connectivity index (χ1v) is 9.31. The van der Waals surface area contributed by atoms with Gasteiger partial charge >= 0.3 is 0 Å². The van der Waals surface area contributed by atoms with Crippen molar-refractivity contribution in [1.29, 1.82) is 0 Å². The van der Waals surface area contributed by atoms with Gasteiger partial charge in [0, 0.05) is 36.1 Å². The summed E-state index contributed by atoms with van der Waals surface area (Å²) in [5.74, 6) is 1.44. The van der Waals surface area contributed by atoms with Crippen LogP contribution >= 0.6 is 0 Å². The first kappa shape index (κ1) is 17.6. The summed E-state index contributed by atoms with van der Waals surface area (Å²) in [5, 5.41) is 14.7. The molecule has 3 aromatic rings. The molecule has 0 aliphatic carbocycles. The molecule has 7 heteroatoms. The molecule has 4 rings (SSSR count). The van der Waals surface area contributed by atoms with Crippen LogP contribution in [0, 0.1) is 6.92 Å². The van der Waals surface area contributed by atoms with E-state index in [2.05, 4.69) is 10.1 Å². The third kappa shape index (κ3) is 2.78. The van der Waals surface area contributed by atoms with Crippen molar-refractivity contribution >= 4 is 16.8 Å². The maximum atomic E-state index is 13.5. The highest BCUT2D eigenvalue weighted by atomic mass is 16.5. The van der Waals surface area contributed by atoms with Crippen LogP contribution in [0.25, 0.3) is 10.9 Å². The molecule has 1 amide bonds. The second kappa shape index (κ2) is 6.40. The quantitative estimate of drug-likeness (QED) is 0.762. The lowest BCUT2D eigenvalue weighted by Gasteiger charge is -2.22. The number of benzene rings is 1. The molecule has 1 N–H and O–H groups in total. The van der Waals surface area contributed by atoms with E-state index in [1.54, 1.807) is 12.1 Å². The lowest BCUT2D eigenvalue weighted by Crippen LogP contribution is -2.31. The van der Waals surface area contributed by atoms with E-state index < -0.39 is 0 Å². The zero-order valence-electron chi connectivity index (χ0n) is 16.1. The number of nitrogens with zero attached hydrogens (tertiary/aromatic N) is 4. The highest BCUT2D eigenvalue weighted by Gasteiger charge is 2.36. The van der Waals surface area contributed by atoms with Crippen LogP contribution in [0.1, 0.15) is 66.4 Å². The molecule has 7 nitrogen and oxygen atoms in total. The average Bonchev–Trinajstić information content (AvgIpc) is 3.34. The molecule has 0 bridgehead atoms. The van der Waals surface area contributed by atoms with Crippen LogP contribution < -0.4 is 0 Å². The maximum absolute atomic E-state index is 13.5. The largest absolute Gasteiger partial charge is 0.508 e. The number of aromatic hydroxyl groups is 1. The van der Waals surface area contributed by atoms with Crippen LogP contribution in [0.3, 0.4) is 0 Å². The van der Waals surface area contributed by atoms with Crippen molar-refractivity contribution in [2.45, 2.75) is 45.6 Å². The van der Waals surface area contributed by atoms with Crippen molar-refractivity contribution in [2.75, 3.05) is 6.54 Å². The Morgan fingerprint density at radius 2 is 2.15 bits per heavy atom. The Labute approximate surface area is 157 Å². The number of aryl methyl sites for hydroxylation is 1. The fourth-order valence-electron chi connectivity index (χ4n) is 3.86. The third-order valence-electron chi connectivity index (χ3n) is 5.46. The lowest BCUT2D eigenvalue weighted by molar-refractivity contribution is 0.0711. The van der Waals surface area contributed by atoms with Gasteiger partial charge in [0.05, 0.1) is 5.56 Å². The van der Waals surface area contributed by atoms with Gasteiger partial charge in [0.25, 0.3) is 5.91 Å². The highest BCUT2D eigenvalue weighted by Crippen LogP contribution is 2.36. The number of aromatic nitrogens is 3. The summed E-state index contributed by atoms with van der Waals surface area (Å²) in [7, 11) is 1.93. The van der Waals surface area contributed by atoms with Crippen molar-refractivity contribution in [2.24, 2.45) is 7.05 Å². The first-order valence-electron chi connectivity index (χ1n) is 9.31. The summed E-state index contributed by atoms with van der Waals surface area (Å²) in [6, 6.07) is 4.93. The Balaban J connectivity index is 1.74. The number of phenols is 1. The van der Waals surface area contributed by atoms with Gasteiger partial charge in [-0.15, -0.1) is 0 Å². The Morgan fingerprint density at radius 1 is 1.37 bits per heavy atom. The second-order valence-electron chi connectivity index (χ2n) is 7.52. The van der Waals surface area contributed by atoms with E-state index in [1.807, 2.05) is 43.4 Å². The predicted octanol–water partition coefficient (Wildman–Crippen LogP) is 3.68. The van der Waals surface area contributed by atoms with E-state index >= 15 is 0 Å². The summed E-state index contributed by atoms with van der Waals surface area (Å²) >= 11 is 0. The third-order valence-corrected chi connectivity index (χ3v) is 5.46. The summed E-state index contributed by atoms with van der Waals surface area (Å²) in [6.07, 6.45) is 1.70. The standard InChI is InChI=1S/C20H24N4O3/c1-11(2)18-21-19(27-22-18)16-6-5-9-24(16)20(26)17-12(3)23(4)15-8-7-13(25)10-14(15)17/h7-8,10-11,16,25H,5-6,9H2,1-4H3/t16-/m1/s1. The number of hydrogen-bond donors (Lipinski definition) is 1.